The zero-order chi connectivity index (χ0) is 13.7. The summed E-state index contributed by atoms with van der Waals surface area (Å²) < 4.78 is 18.4. The number of rotatable bonds is 5. The summed E-state index contributed by atoms with van der Waals surface area (Å²) in [5, 5.41) is 19.4. The summed E-state index contributed by atoms with van der Waals surface area (Å²) in [4.78, 5) is 11.3. The molecule has 0 heterocycles. The molecule has 0 aliphatic heterocycles. The highest BCUT2D eigenvalue weighted by molar-refractivity contribution is 7.80. The molecule has 0 aliphatic rings. The average Bonchev–Trinajstić information content (AvgIpc) is 2.37. The maximum atomic E-state index is 14.0. The Morgan fingerprint density at radius 3 is 2.72 bits per heavy atom. The number of ether oxygens (including phenoxy) is 1. The summed E-state index contributed by atoms with van der Waals surface area (Å²) in [6.07, 6.45) is -2.32. The van der Waals surface area contributed by atoms with Gasteiger partial charge in [-0.25, -0.2) is 9.18 Å². The Balaban J connectivity index is 3.06. The Morgan fingerprint density at radius 2 is 2.17 bits per heavy atom. The maximum absolute atomic E-state index is 14.0. The molecule has 0 aliphatic carbocycles. The normalized spacial score (nSPS) is 14.1. The number of thiol groups is 1. The average molecular weight is 274 g/mol. The lowest BCUT2D eigenvalue weighted by molar-refractivity contribution is 0.0149. The molecule has 6 heteroatoms. The molecular weight excluding hydrogens is 259 g/mol. The van der Waals surface area contributed by atoms with Crippen molar-refractivity contribution < 1.29 is 24.1 Å². The van der Waals surface area contributed by atoms with Crippen LogP contribution in [0.5, 0.6) is 0 Å². The Kier molecular flexibility index (Phi) is 5.58. The molecule has 0 aromatic heterocycles. The van der Waals surface area contributed by atoms with E-state index < -0.39 is 24.0 Å². The van der Waals surface area contributed by atoms with Gasteiger partial charge in [-0.1, -0.05) is 12.1 Å². The molecule has 0 spiro atoms. The van der Waals surface area contributed by atoms with Crippen LogP contribution in [0.25, 0.3) is 0 Å². The highest BCUT2D eigenvalue weighted by atomic mass is 32.1. The standard InChI is InChI=1S/C12H15FO4S/c1-17-12(16)8-4-2-3-7(10(8)13)11(15)9(14)5-6-18/h2-4,9,11,14-15,18H,5-6H2,1H3. The van der Waals surface area contributed by atoms with Gasteiger partial charge in [-0.05, 0) is 18.2 Å². The molecular formula is C12H15FO4S. The summed E-state index contributed by atoms with van der Waals surface area (Å²) in [6.45, 7) is 0. The van der Waals surface area contributed by atoms with E-state index in [-0.39, 0.29) is 17.5 Å². The summed E-state index contributed by atoms with van der Waals surface area (Å²) in [5.41, 5.74) is -0.403. The molecule has 0 bridgehead atoms. The van der Waals surface area contributed by atoms with Crippen LogP contribution in [-0.2, 0) is 4.74 Å². The third-order valence-electron chi connectivity index (χ3n) is 2.54. The van der Waals surface area contributed by atoms with Crippen molar-refractivity contribution in [1.29, 1.82) is 0 Å². The van der Waals surface area contributed by atoms with E-state index in [0.29, 0.717) is 5.75 Å². The van der Waals surface area contributed by atoms with Gasteiger partial charge < -0.3 is 14.9 Å². The molecule has 100 valence electrons. The van der Waals surface area contributed by atoms with Gasteiger partial charge in [-0.2, -0.15) is 12.6 Å². The van der Waals surface area contributed by atoms with Gasteiger partial charge in [0.25, 0.3) is 0 Å². The van der Waals surface area contributed by atoms with Crippen LogP contribution in [0.15, 0.2) is 18.2 Å². The van der Waals surface area contributed by atoms with Gasteiger partial charge in [0.1, 0.15) is 11.9 Å². The van der Waals surface area contributed by atoms with Crippen molar-refractivity contribution in [3.05, 3.63) is 35.1 Å². The van der Waals surface area contributed by atoms with Crippen molar-refractivity contribution in [3.63, 3.8) is 0 Å². The molecule has 18 heavy (non-hydrogen) atoms. The molecule has 2 unspecified atom stereocenters. The van der Waals surface area contributed by atoms with E-state index in [9.17, 15) is 19.4 Å². The minimum Gasteiger partial charge on any atom is -0.465 e. The van der Waals surface area contributed by atoms with E-state index in [4.69, 9.17) is 0 Å². The molecule has 0 saturated heterocycles. The third-order valence-corrected chi connectivity index (χ3v) is 2.80. The van der Waals surface area contributed by atoms with Crippen LogP contribution in [-0.4, -0.2) is 35.1 Å². The van der Waals surface area contributed by atoms with Crippen molar-refractivity contribution >= 4 is 18.6 Å². The lowest BCUT2D eigenvalue weighted by atomic mass is 9.99. The van der Waals surface area contributed by atoms with Crippen LogP contribution >= 0.6 is 12.6 Å². The Labute approximate surface area is 110 Å². The van der Waals surface area contributed by atoms with Crippen molar-refractivity contribution in [2.75, 3.05) is 12.9 Å². The van der Waals surface area contributed by atoms with Gasteiger partial charge in [0.05, 0.1) is 18.8 Å². The van der Waals surface area contributed by atoms with Crippen LogP contribution in [0.2, 0.25) is 0 Å². The zero-order valence-electron chi connectivity index (χ0n) is 9.84. The number of benzene rings is 1. The largest absolute Gasteiger partial charge is 0.465 e. The first-order valence-electron chi connectivity index (χ1n) is 5.36. The number of carbonyl (C=O) groups is 1. The van der Waals surface area contributed by atoms with Crippen LogP contribution in [0.4, 0.5) is 4.39 Å². The molecule has 0 fully saturated rings. The first-order valence-corrected chi connectivity index (χ1v) is 5.99. The number of carbonyl (C=O) groups excluding carboxylic acids is 1. The Bertz CT molecular complexity index is 425. The zero-order valence-corrected chi connectivity index (χ0v) is 10.7. The fourth-order valence-corrected chi connectivity index (χ4v) is 1.81. The molecule has 1 aromatic rings. The van der Waals surface area contributed by atoms with Crippen molar-refractivity contribution in [2.45, 2.75) is 18.6 Å². The topological polar surface area (TPSA) is 66.8 Å². The van der Waals surface area contributed by atoms with E-state index in [1.807, 2.05) is 0 Å². The van der Waals surface area contributed by atoms with E-state index in [0.717, 1.165) is 7.11 Å². The number of methoxy groups -OCH3 is 1. The second kappa shape index (κ2) is 6.72. The van der Waals surface area contributed by atoms with Crippen molar-refractivity contribution in [1.82, 2.24) is 0 Å². The van der Waals surface area contributed by atoms with Gasteiger partial charge in [0.15, 0.2) is 0 Å². The molecule has 1 aromatic carbocycles. The smallest absolute Gasteiger partial charge is 0.340 e. The lowest BCUT2D eigenvalue weighted by Crippen LogP contribution is -2.21. The summed E-state index contributed by atoms with van der Waals surface area (Å²) in [5.74, 6) is -1.35. The number of esters is 1. The number of hydrogen-bond acceptors (Lipinski definition) is 5. The predicted octanol–water partition coefficient (Wildman–Crippen LogP) is 1.33. The highest BCUT2D eigenvalue weighted by Crippen LogP contribution is 2.24. The van der Waals surface area contributed by atoms with E-state index in [1.54, 1.807) is 0 Å². The van der Waals surface area contributed by atoms with Crippen LogP contribution in [0.1, 0.15) is 28.4 Å². The third kappa shape index (κ3) is 3.22. The van der Waals surface area contributed by atoms with Crippen LogP contribution in [0, 0.1) is 5.82 Å². The van der Waals surface area contributed by atoms with Crippen molar-refractivity contribution in [2.24, 2.45) is 0 Å². The minimum absolute atomic E-state index is 0.132. The SMILES string of the molecule is COC(=O)c1cccc(C(O)C(O)CCS)c1F. The number of hydrogen-bond donors (Lipinski definition) is 3. The van der Waals surface area contributed by atoms with Crippen LogP contribution < -0.4 is 0 Å². The molecule has 0 amide bonds. The van der Waals surface area contributed by atoms with Gasteiger partial charge in [-0.3, -0.25) is 0 Å². The fourth-order valence-electron chi connectivity index (χ4n) is 1.54. The summed E-state index contributed by atoms with van der Waals surface area (Å²) in [6, 6.07) is 3.98. The number of aliphatic hydroxyl groups excluding tert-OH is 2. The fraction of sp³-hybridized carbons (Fsp3) is 0.417. The second-order valence-electron chi connectivity index (χ2n) is 3.72. The highest BCUT2D eigenvalue weighted by Gasteiger charge is 2.24. The minimum atomic E-state index is -1.40. The first kappa shape index (κ1) is 14.9. The van der Waals surface area contributed by atoms with Crippen LogP contribution in [0.3, 0.4) is 0 Å². The second-order valence-corrected chi connectivity index (χ2v) is 4.17. The molecule has 2 atom stereocenters. The van der Waals surface area contributed by atoms with Gasteiger partial charge >= 0.3 is 5.97 Å². The molecule has 0 saturated carbocycles. The predicted molar refractivity (Wildman–Crippen MR) is 67.2 cm³/mol. The molecule has 0 radical (unpaired) electrons. The van der Waals surface area contributed by atoms with Gasteiger partial charge in [0.2, 0.25) is 0 Å². The van der Waals surface area contributed by atoms with E-state index >= 15 is 0 Å². The monoisotopic (exact) mass is 274 g/mol. The summed E-state index contributed by atoms with van der Waals surface area (Å²) in [7, 11) is 1.14. The number of halogens is 1. The van der Waals surface area contributed by atoms with E-state index in [2.05, 4.69) is 17.4 Å². The summed E-state index contributed by atoms with van der Waals surface area (Å²) >= 11 is 3.92. The van der Waals surface area contributed by atoms with E-state index in [1.165, 1.54) is 18.2 Å². The Hall–Kier alpha value is -1.11. The lowest BCUT2D eigenvalue weighted by Gasteiger charge is -2.18. The van der Waals surface area contributed by atoms with Gasteiger partial charge in [-0.15, -0.1) is 0 Å². The Morgan fingerprint density at radius 1 is 1.50 bits per heavy atom. The first-order chi connectivity index (χ1) is 8.52. The number of aliphatic hydroxyl groups is 2. The van der Waals surface area contributed by atoms with Gasteiger partial charge in [0, 0.05) is 5.56 Å². The molecule has 2 N–H and O–H groups in total. The van der Waals surface area contributed by atoms with Crippen molar-refractivity contribution in [3.8, 4) is 0 Å². The molecule has 1 rings (SSSR count). The maximum Gasteiger partial charge on any atom is 0.340 e. The quantitative estimate of drug-likeness (QED) is 0.560. The molecule has 4 nitrogen and oxygen atoms in total.